The summed E-state index contributed by atoms with van der Waals surface area (Å²) in [6.45, 7) is 2.16. The largest absolute Gasteiger partial charge is 0.300 e. The maximum Gasteiger partial charge on any atom is 0.136 e. The van der Waals surface area contributed by atoms with Gasteiger partial charge in [-0.1, -0.05) is 69.4 Å². The first-order valence-corrected chi connectivity index (χ1v) is 11.7. The van der Waals surface area contributed by atoms with Crippen LogP contribution < -0.4 is 0 Å². The van der Waals surface area contributed by atoms with Gasteiger partial charge in [0.15, 0.2) is 0 Å². The third kappa shape index (κ3) is 6.29. The van der Waals surface area contributed by atoms with Gasteiger partial charge in [-0.15, -0.1) is 0 Å². The van der Waals surface area contributed by atoms with Crippen LogP contribution in [-0.2, 0) is 16.0 Å². The summed E-state index contributed by atoms with van der Waals surface area (Å²) in [5, 5.41) is 0. The number of Topliss-reactive ketones (excluding diaryl/α,β-unsaturated/α-hetero) is 2. The zero-order valence-corrected chi connectivity index (χ0v) is 17.7. The van der Waals surface area contributed by atoms with E-state index >= 15 is 0 Å². The topological polar surface area (TPSA) is 34.1 Å². The zero-order chi connectivity index (χ0) is 19.8. The van der Waals surface area contributed by atoms with Gasteiger partial charge in [-0.25, -0.2) is 0 Å². The molecule has 154 valence electrons. The Balaban J connectivity index is 1.32. The number of carbonyl (C=O) groups is 2. The summed E-state index contributed by atoms with van der Waals surface area (Å²) < 4.78 is 0. The summed E-state index contributed by atoms with van der Waals surface area (Å²) >= 11 is 0. The van der Waals surface area contributed by atoms with E-state index in [1.54, 1.807) is 0 Å². The standard InChI is InChI=1S/C26H38O2/c1-20(18-21-10-3-2-4-11-21)19-23(27)14-6-8-17-26(28)25-16-9-13-22-12-5-7-15-24(22)25/h2-4,10-11,20,22,24-25H,5-9,12-19H2,1H3. The van der Waals surface area contributed by atoms with Crippen molar-refractivity contribution in [2.24, 2.45) is 23.7 Å². The van der Waals surface area contributed by atoms with Crippen LogP contribution in [0.4, 0.5) is 0 Å². The Morgan fingerprint density at radius 2 is 1.64 bits per heavy atom. The monoisotopic (exact) mass is 382 g/mol. The first-order chi connectivity index (χ1) is 13.6. The van der Waals surface area contributed by atoms with E-state index in [0.717, 1.165) is 31.6 Å². The molecule has 2 aliphatic rings. The van der Waals surface area contributed by atoms with Gasteiger partial charge in [0.1, 0.15) is 11.6 Å². The molecule has 0 aliphatic heterocycles. The average Bonchev–Trinajstić information content (AvgIpc) is 2.71. The molecule has 2 heteroatoms. The van der Waals surface area contributed by atoms with E-state index in [1.165, 1.54) is 44.1 Å². The molecular weight excluding hydrogens is 344 g/mol. The summed E-state index contributed by atoms with van der Waals surface area (Å²) in [6, 6.07) is 10.4. The second-order valence-electron chi connectivity index (χ2n) is 9.46. The molecule has 0 N–H and O–H groups in total. The third-order valence-corrected chi connectivity index (χ3v) is 7.12. The molecule has 0 spiro atoms. The zero-order valence-electron chi connectivity index (χ0n) is 17.7. The highest BCUT2D eigenvalue weighted by Crippen LogP contribution is 2.44. The molecule has 3 rings (SSSR count). The molecule has 4 atom stereocenters. The second-order valence-corrected chi connectivity index (χ2v) is 9.46. The predicted octanol–water partition coefficient (Wildman–Crippen LogP) is 6.56. The summed E-state index contributed by atoms with van der Waals surface area (Å²) in [5.41, 5.74) is 1.31. The first-order valence-electron chi connectivity index (χ1n) is 11.7. The van der Waals surface area contributed by atoms with Crippen molar-refractivity contribution < 1.29 is 9.59 Å². The molecule has 1 aromatic rings. The van der Waals surface area contributed by atoms with E-state index < -0.39 is 0 Å². The third-order valence-electron chi connectivity index (χ3n) is 7.12. The first kappa shape index (κ1) is 21.3. The highest BCUT2D eigenvalue weighted by molar-refractivity contribution is 5.81. The number of rotatable bonds is 10. The van der Waals surface area contributed by atoms with Crippen LogP contribution in [0.25, 0.3) is 0 Å². The number of fused-ring (bicyclic) bond motifs is 1. The Bertz CT molecular complexity index is 619. The van der Waals surface area contributed by atoms with Gasteiger partial charge in [0, 0.05) is 25.2 Å². The molecule has 2 nitrogen and oxygen atoms in total. The van der Waals surface area contributed by atoms with E-state index in [4.69, 9.17) is 0 Å². The van der Waals surface area contributed by atoms with Crippen LogP contribution >= 0.6 is 0 Å². The molecule has 28 heavy (non-hydrogen) atoms. The second kappa shape index (κ2) is 10.9. The van der Waals surface area contributed by atoms with Crippen molar-refractivity contribution in [1.29, 1.82) is 0 Å². The quantitative estimate of drug-likeness (QED) is 0.429. The lowest BCUT2D eigenvalue weighted by atomic mass is 9.64. The molecule has 2 aliphatic carbocycles. The van der Waals surface area contributed by atoms with Gasteiger partial charge in [0.25, 0.3) is 0 Å². The lowest BCUT2D eigenvalue weighted by molar-refractivity contribution is -0.127. The summed E-state index contributed by atoms with van der Waals surface area (Å²) in [6.07, 6.45) is 13.8. The molecule has 2 saturated carbocycles. The van der Waals surface area contributed by atoms with Gasteiger partial charge >= 0.3 is 0 Å². The fourth-order valence-corrected chi connectivity index (χ4v) is 5.72. The van der Waals surface area contributed by atoms with Crippen molar-refractivity contribution in [3.63, 3.8) is 0 Å². The Labute approximate surface area is 171 Å². The van der Waals surface area contributed by atoms with Crippen molar-refractivity contribution in [1.82, 2.24) is 0 Å². The molecule has 0 bridgehead atoms. The highest BCUT2D eigenvalue weighted by Gasteiger charge is 2.37. The minimum absolute atomic E-state index is 0.334. The Morgan fingerprint density at radius 3 is 2.46 bits per heavy atom. The van der Waals surface area contributed by atoms with Crippen molar-refractivity contribution in [2.45, 2.75) is 90.4 Å². The highest BCUT2D eigenvalue weighted by atomic mass is 16.1. The van der Waals surface area contributed by atoms with Gasteiger partial charge in [0.05, 0.1) is 0 Å². The summed E-state index contributed by atoms with van der Waals surface area (Å²) in [4.78, 5) is 25.1. The SMILES string of the molecule is CC(CC(=O)CCCCC(=O)C1CCCC2CCCCC21)Cc1ccccc1. The number of benzene rings is 1. The molecule has 0 amide bonds. The van der Waals surface area contributed by atoms with Crippen LogP contribution in [0, 0.1) is 23.7 Å². The number of hydrogen-bond donors (Lipinski definition) is 0. The normalized spacial score (nSPS) is 25.7. The minimum Gasteiger partial charge on any atom is -0.300 e. The van der Waals surface area contributed by atoms with Gasteiger partial charge in [-0.05, 0) is 55.4 Å². The molecule has 0 aromatic heterocycles. The van der Waals surface area contributed by atoms with Crippen LogP contribution in [0.1, 0.15) is 89.5 Å². The molecule has 2 fully saturated rings. The predicted molar refractivity (Wildman–Crippen MR) is 115 cm³/mol. The Hall–Kier alpha value is -1.44. The van der Waals surface area contributed by atoms with Gasteiger partial charge in [0.2, 0.25) is 0 Å². The lowest BCUT2D eigenvalue weighted by Crippen LogP contribution is -2.35. The van der Waals surface area contributed by atoms with Crippen LogP contribution in [-0.4, -0.2) is 11.6 Å². The molecule has 4 unspecified atom stereocenters. The average molecular weight is 383 g/mol. The van der Waals surface area contributed by atoms with Crippen molar-refractivity contribution in [3.05, 3.63) is 35.9 Å². The lowest BCUT2D eigenvalue weighted by Gasteiger charge is -2.40. The number of unbranched alkanes of at least 4 members (excludes halogenated alkanes) is 1. The van der Waals surface area contributed by atoms with Gasteiger partial charge in [-0.2, -0.15) is 0 Å². The minimum atomic E-state index is 0.334. The van der Waals surface area contributed by atoms with Crippen molar-refractivity contribution >= 4 is 11.6 Å². The Morgan fingerprint density at radius 1 is 0.929 bits per heavy atom. The number of hydrogen-bond acceptors (Lipinski definition) is 2. The van der Waals surface area contributed by atoms with Crippen LogP contribution in [0.5, 0.6) is 0 Å². The van der Waals surface area contributed by atoms with E-state index in [0.29, 0.717) is 48.6 Å². The number of ketones is 2. The Kier molecular flexibility index (Phi) is 8.30. The summed E-state index contributed by atoms with van der Waals surface area (Å²) in [5.74, 6) is 3.09. The van der Waals surface area contributed by atoms with Gasteiger partial charge < -0.3 is 0 Å². The maximum atomic E-state index is 12.8. The van der Waals surface area contributed by atoms with Crippen molar-refractivity contribution in [2.75, 3.05) is 0 Å². The molecule has 0 saturated heterocycles. The van der Waals surface area contributed by atoms with E-state index in [9.17, 15) is 9.59 Å². The van der Waals surface area contributed by atoms with E-state index in [2.05, 4.69) is 31.2 Å². The van der Waals surface area contributed by atoms with E-state index in [-0.39, 0.29) is 0 Å². The smallest absolute Gasteiger partial charge is 0.136 e. The van der Waals surface area contributed by atoms with Gasteiger partial charge in [-0.3, -0.25) is 9.59 Å². The summed E-state index contributed by atoms with van der Waals surface area (Å²) in [7, 11) is 0. The maximum absolute atomic E-state index is 12.8. The van der Waals surface area contributed by atoms with E-state index in [1.807, 2.05) is 6.07 Å². The molecular formula is C26H38O2. The fraction of sp³-hybridized carbons (Fsp3) is 0.692. The van der Waals surface area contributed by atoms with Crippen molar-refractivity contribution in [3.8, 4) is 0 Å². The van der Waals surface area contributed by atoms with Crippen LogP contribution in [0.15, 0.2) is 30.3 Å². The van der Waals surface area contributed by atoms with Crippen LogP contribution in [0.2, 0.25) is 0 Å². The number of carbonyl (C=O) groups excluding carboxylic acids is 2. The molecule has 0 radical (unpaired) electrons. The molecule has 0 heterocycles. The fourth-order valence-electron chi connectivity index (χ4n) is 5.72. The molecule has 1 aromatic carbocycles. The van der Waals surface area contributed by atoms with Crippen LogP contribution in [0.3, 0.4) is 0 Å².